The van der Waals surface area contributed by atoms with Gasteiger partial charge in [0.25, 0.3) is 0 Å². The van der Waals surface area contributed by atoms with Crippen LogP contribution in [0.3, 0.4) is 0 Å². The van der Waals surface area contributed by atoms with Crippen molar-refractivity contribution in [3.05, 3.63) is 18.2 Å². The Bertz CT molecular complexity index is 1020. The number of thiol groups is 1. The summed E-state index contributed by atoms with van der Waals surface area (Å²) >= 11 is 3.94. The second-order valence-electron chi connectivity index (χ2n) is 9.10. The van der Waals surface area contributed by atoms with Gasteiger partial charge in [-0.3, -0.25) is 24.2 Å². The zero-order valence-electron chi connectivity index (χ0n) is 22.7. The highest BCUT2D eigenvalue weighted by Gasteiger charge is 2.29. The van der Waals surface area contributed by atoms with Gasteiger partial charge in [-0.2, -0.15) is 12.6 Å². The molecule has 1 aromatic rings. The number of H-pyrrole nitrogens is 1. The highest BCUT2D eigenvalue weighted by Crippen LogP contribution is 2.05. The summed E-state index contributed by atoms with van der Waals surface area (Å²) in [4.78, 5) is 72.9. The SMILES string of the molecule is NCCCCC(NC(=O)CNC(=O)C(N)CCCN=C(N)N)C(=O)NC(Cc1cnc[nH]1)C(=O)NC(CS)C(=O)O. The van der Waals surface area contributed by atoms with Crippen molar-refractivity contribution < 1.29 is 29.1 Å². The maximum Gasteiger partial charge on any atom is 0.327 e. The molecule has 41 heavy (non-hydrogen) atoms. The maximum atomic E-state index is 13.2. The third kappa shape index (κ3) is 14.3. The fourth-order valence-electron chi connectivity index (χ4n) is 3.51. The molecule has 18 heteroatoms. The lowest BCUT2D eigenvalue weighted by Gasteiger charge is -2.24. The van der Waals surface area contributed by atoms with E-state index >= 15 is 0 Å². The Morgan fingerprint density at radius 2 is 1.66 bits per heavy atom. The lowest BCUT2D eigenvalue weighted by Crippen LogP contribution is -2.57. The van der Waals surface area contributed by atoms with Gasteiger partial charge in [0.15, 0.2) is 5.96 Å². The lowest BCUT2D eigenvalue weighted by atomic mass is 10.1. The van der Waals surface area contributed by atoms with E-state index in [1.807, 2.05) is 0 Å². The number of guanidine groups is 1. The van der Waals surface area contributed by atoms with Gasteiger partial charge in [-0.05, 0) is 38.6 Å². The first-order chi connectivity index (χ1) is 19.5. The van der Waals surface area contributed by atoms with Gasteiger partial charge in [-0.15, -0.1) is 0 Å². The van der Waals surface area contributed by atoms with Crippen molar-refractivity contribution >= 4 is 48.2 Å². The Kier molecular flexibility index (Phi) is 16.5. The number of carbonyl (C=O) groups excluding carboxylic acids is 4. The number of carboxylic acids is 1. The summed E-state index contributed by atoms with van der Waals surface area (Å²) in [5, 5.41) is 19.2. The molecule has 0 aliphatic carbocycles. The van der Waals surface area contributed by atoms with Crippen LogP contribution in [0.5, 0.6) is 0 Å². The van der Waals surface area contributed by atoms with Crippen molar-refractivity contribution in [3.63, 3.8) is 0 Å². The first-order valence-electron chi connectivity index (χ1n) is 13.0. The van der Waals surface area contributed by atoms with Gasteiger partial charge < -0.3 is 54.3 Å². The summed E-state index contributed by atoms with van der Waals surface area (Å²) in [6.45, 7) is 0.223. The molecule has 0 radical (unpaired) electrons. The normalized spacial score (nSPS) is 13.6. The van der Waals surface area contributed by atoms with Crippen LogP contribution in [0.15, 0.2) is 17.5 Å². The van der Waals surface area contributed by atoms with Crippen LogP contribution in [0, 0.1) is 0 Å². The molecule has 0 spiro atoms. The maximum absolute atomic E-state index is 13.2. The molecule has 230 valence electrons. The number of imidazole rings is 1. The number of hydrogen-bond acceptors (Lipinski definition) is 10. The summed E-state index contributed by atoms with van der Waals surface area (Å²) in [6.07, 6.45) is 4.80. The van der Waals surface area contributed by atoms with Gasteiger partial charge in [-0.1, -0.05) is 0 Å². The fraction of sp³-hybridized carbons (Fsp3) is 0.609. The van der Waals surface area contributed by atoms with Gasteiger partial charge in [-0.25, -0.2) is 9.78 Å². The van der Waals surface area contributed by atoms with E-state index in [1.165, 1.54) is 12.5 Å². The van der Waals surface area contributed by atoms with Crippen LogP contribution >= 0.6 is 12.6 Å². The van der Waals surface area contributed by atoms with Gasteiger partial charge in [0, 0.05) is 30.6 Å². The molecule has 0 bridgehead atoms. The highest BCUT2D eigenvalue weighted by molar-refractivity contribution is 7.80. The fourth-order valence-corrected chi connectivity index (χ4v) is 3.76. The zero-order valence-corrected chi connectivity index (χ0v) is 23.6. The van der Waals surface area contributed by atoms with Crippen molar-refractivity contribution in [2.75, 3.05) is 25.4 Å². The third-order valence-electron chi connectivity index (χ3n) is 5.74. The number of aromatic amines is 1. The Hall–Kier alpha value is -3.90. The number of nitrogens with two attached hydrogens (primary N) is 4. The zero-order chi connectivity index (χ0) is 30.8. The predicted molar refractivity (Wildman–Crippen MR) is 153 cm³/mol. The number of unbranched alkanes of at least 4 members (excludes halogenated alkanes) is 1. The van der Waals surface area contributed by atoms with E-state index in [1.54, 1.807) is 0 Å². The van der Waals surface area contributed by atoms with Gasteiger partial charge in [0.2, 0.25) is 23.6 Å². The van der Waals surface area contributed by atoms with E-state index in [2.05, 4.69) is 48.9 Å². The van der Waals surface area contributed by atoms with Crippen LogP contribution < -0.4 is 44.2 Å². The average molecular weight is 600 g/mol. The van der Waals surface area contributed by atoms with Gasteiger partial charge in [0.1, 0.15) is 18.1 Å². The number of carboxylic acid groups (broad SMARTS) is 1. The molecule has 4 unspecified atom stereocenters. The Labute approximate surface area is 242 Å². The van der Waals surface area contributed by atoms with E-state index < -0.39 is 60.3 Å². The number of nitrogens with zero attached hydrogens (tertiary/aromatic N) is 2. The van der Waals surface area contributed by atoms with E-state index in [-0.39, 0.29) is 31.0 Å². The molecule has 1 heterocycles. The molecule has 0 aromatic carbocycles. The minimum atomic E-state index is -1.29. The van der Waals surface area contributed by atoms with Crippen LogP contribution in [0.25, 0.3) is 0 Å². The van der Waals surface area contributed by atoms with E-state index in [4.69, 9.17) is 22.9 Å². The number of nitrogens with one attached hydrogen (secondary N) is 5. The van der Waals surface area contributed by atoms with Gasteiger partial charge in [0.05, 0.1) is 18.9 Å². The molecule has 17 nitrogen and oxygen atoms in total. The molecule has 0 saturated carbocycles. The minimum Gasteiger partial charge on any atom is -0.480 e. The molecule has 4 atom stereocenters. The molecule has 0 aliphatic rings. The lowest BCUT2D eigenvalue weighted by molar-refractivity contribution is -0.141. The molecule has 0 fully saturated rings. The van der Waals surface area contributed by atoms with Gasteiger partial charge >= 0.3 is 5.97 Å². The van der Waals surface area contributed by atoms with Crippen molar-refractivity contribution in [3.8, 4) is 0 Å². The topological polar surface area (TPSA) is 299 Å². The molecule has 1 rings (SSSR count). The van der Waals surface area contributed by atoms with E-state index in [9.17, 15) is 29.1 Å². The summed E-state index contributed by atoms with van der Waals surface area (Å²) in [5.41, 5.74) is 22.4. The predicted octanol–water partition coefficient (Wildman–Crippen LogP) is -3.95. The van der Waals surface area contributed by atoms with Crippen LogP contribution in [0.1, 0.15) is 37.8 Å². The average Bonchev–Trinajstić information content (AvgIpc) is 3.44. The molecule has 0 saturated heterocycles. The summed E-state index contributed by atoms with van der Waals surface area (Å²) in [5.74, 6) is -4.20. The number of carbonyl (C=O) groups is 5. The molecule has 1 aromatic heterocycles. The third-order valence-corrected chi connectivity index (χ3v) is 6.10. The monoisotopic (exact) mass is 599 g/mol. The Morgan fingerprint density at radius 1 is 0.976 bits per heavy atom. The quantitative estimate of drug-likeness (QED) is 0.0297. The van der Waals surface area contributed by atoms with Crippen LogP contribution in [-0.2, 0) is 30.4 Å². The standard InChI is InChI=1S/C23H41N11O6S/c24-6-2-1-5-15(32-18(35)10-30-19(36)14(25)4-3-7-29-23(26)27)20(37)33-16(8-13-9-28-12-31-13)21(38)34-17(11-41)22(39)40/h9,12,14-17,41H,1-8,10-11,24-25H2,(H,28,31)(H,30,36)(H,32,35)(H,33,37)(H,34,38)(H,39,40)(H4,26,27,29). The molecule has 0 aliphatic heterocycles. The second-order valence-corrected chi connectivity index (χ2v) is 9.47. The molecular formula is C23H41N11O6S. The van der Waals surface area contributed by atoms with Crippen molar-refractivity contribution in [1.29, 1.82) is 0 Å². The van der Waals surface area contributed by atoms with Crippen LogP contribution in [-0.4, -0.2) is 100 Å². The molecule has 14 N–H and O–H groups in total. The van der Waals surface area contributed by atoms with E-state index in [0.717, 1.165) is 0 Å². The molecular weight excluding hydrogens is 558 g/mol. The summed E-state index contributed by atoms with van der Waals surface area (Å²) in [7, 11) is 0. The number of rotatable bonds is 20. The van der Waals surface area contributed by atoms with Crippen molar-refractivity contribution in [2.45, 2.75) is 62.7 Å². The van der Waals surface area contributed by atoms with Crippen molar-refractivity contribution in [1.82, 2.24) is 31.2 Å². The second kappa shape index (κ2) is 19.2. The summed E-state index contributed by atoms with van der Waals surface area (Å²) < 4.78 is 0. The number of aromatic nitrogens is 2. The number of aliphatic carboxylic acids is 1. The minimum absolute atomic E-state index is 0.0307. The van der Waals surface area contributed by atoms with Crippen LogP contribution in [0.4, 0.5) is 0 Å². The highest BCUT2D eigenvalue weighted by atomic mass is 32.1. The van der Waals surface area contributed by atoms with Crippen molar-refractivity contribution in [2.24, 2.45) is 27.9 Å². The van der Waals surface area contributed by atoms with Crippen LogP contribution in [0.2, 0.25) is 0 Å². The number of aliphatic imine (C=N–C) groups is 1. The first kappa shape index (κ1) is 35.1. The molecule has 4 amide bonds. The number of amides is 4. The Balaban J connectivity index is 2.85. The van der Waals surface area contributed by atoms with E-state index in [0.29, 0.717) is 38.0 Å². The smallest absolute Gasteiger partial charge is 0.327 e. The summed E-state index contributed by atoms with van der Waals surface area (Å²) in [6, 6.07) is -4.45. The largest absolute Gasteiger partial charge is 0.480 e. The first-order valence-corrected chi connectivity index (χ1v) is 13.6. The number of hydrogen-bond donors (Lipinski definition) is 11. The Morgan fingerprint density at radius 3 is 2.24 bits per heavy atom.